The topological polar surface area (TPSA) is 70.1 Å². The van der Waals surface area contributed by atoms with E-state index in [0.717, 1.165) is 6.54 Å². The van der Waals surface area contributed by atoms with Gasteiger partial charge in [0.2, 0.25) is 0 Å². The first-order chi connectivity index (χ1) is 11.7. The summed E-state index contributed by atoms with van der Waals surface area (Å²) < 4.78 is 5.39. The maximum atomic E-state index is 12.2. The monoisotopic (exact) mass is 382 g/mol. The Labute approximate surface area is 160 Å². The van der Waals surface area contributed by atoms with E-state index in [0.29, 0.717) is 26.2 Å². The molecule has 144 valence electrons. The quantitative estimate of drug-likeness (QED) is 0.870. The smallest absolute Gasteiger partial charge is 0.410 e. The van der Waals surface area contributed by atoms with Gasteiger partial charge in [-0.05, 0) is 26.3 Å². The zero-order chi connectivity index (χ0) is 18.2. The Balaban J connectivity index is 0.00000243. The third-order valence-electron chi connectivity index (χ3n) is 4.93. The van der Waals surface area contributed by atoms with Crippen LogP contribution in [-0.2, 0) is 16.1 Å². The zero-order valence-electron chi connectivity index (χ0n) is 15.5. The number of carbonyl (C=O) groups excluding carboxylic acids is 1. The Hall–Kier alpha value is -1.79. The Morgan fingerprint density at radius 3 is 2.35 bits per heavy atom. The molecule has 3 rings (SSSR count). The summed E-state index contributed by atoms with van der Waals surface area (Å²) in [6.45, 7) is 8.34. The van der Waals surface area contributed by atoms with Gasteiger partial charge in [0.05, 0.1) is 5.92 Å². The minimum absolute atomic E-state index is 0. The number of nitrogens with zero attached hydrogens (tertiary/aromatic N) is 2. The van der Waals surface area contributed by atoms with Gasteiger partial charge in [0.25, 0.3) is 0 Å². The number of carbonyl (C=O) groups is 2. The Bertz CT molecular complexity index is 653. The summed E-state index contributed by atoms with van der Waals surface area (Å²) in [4.78, 5) is 27.7. The molecule has 0 aliphatic carbocycles. The van der Waals surface area contributed by atoms with Gasteiger partial charge in [-0.25, -0.2) is 4.79 Å². The fraction of sp³-hybridized carbons (Fsp3) is 0.579. The van der Waals surface area contributed by atoms with Gasteiger partial charge in [-0.2, -0.15) is 0 Å². The van der Waals surface area contributed by atoms with Crippen LogP contribution in [0.15, 0.2) is 30.3 Å². The number of rotatable bonds is 3. The molecule has 26 heavy (non-hydrogen) atoms. The first-order valence-electron chi connectivity index (χ1n) is 8.66. The molecule has 7 heteroatoms. The van der Waals surface area contributed by atoms with Gasteiger partial charge < -0.3 is 14.7 Å². The molecule has 2 heterocycles. The maximum Gasteiger partial charge on any atom is 0.410 e. The summed E-state index contributed by atoms with van der Waals surface area (Å²) in [6, 6.07) is 10.1. The van der Waals surface area contributed by atoms with Crippen LogP contribution in [0, 0.1) is 11.3 Å². The molecule has 1 aromatic carbocycles. The van der Waals surface area contributed by atoms with Crippen LogP contribution in [0.4, 0.5) is 4.79 Å². The number of carboxylic acid groups (broad SMARTS) is 1. The Morgan fingerprint density at radius 1 is 1.19 bits per heavy atom. The fourth-order valence-corrected chi connectivity index (χ4v) is 3.86. The molecular weight excluding hydrogens is 356 g/mol. The van der Waals surface area contributed by atoms with E-state index in [9.17, 15) is 14.7 Å². The molecular formula is C19H27ClN2O4. The molecule has 1 N–H and O–H groups in total. The predicted octanol–water partition coefficient (Wildman–Crippen LogP) is 2.86. The van der Waals surface area contributed by atoms with Crippen molar-refractivity contribution in [1.29, 1.82) is 0 Å². The Kier molecular flexibility index (Phi) is 5.88. The van der Waals surface area contributed by atoms with Crippen LogP contribution in [0.1, 0.15) is 26.3 Å². The largest absolute Gasteiger partial charge is 0.481 e. The third kappa shape index (κ3) is 4.30. The molecule has 2 aliphatic heterocycles. The molecule has 0 saturated carbocycles. The summed E-state index contributed by atoms with van der Waals surface area (Å²) in [7, 11) is 0. The molecule has 2 fully saturated rings. The highest BCUT2D eigenvalue weighted by Crippen LogP contribution is 2.45. The molecule has 1 amide bonds. The fourth-order valence-electron chi connectivity index (χ4n) is 3.86. The van der Waals surface area contributed by atoms with Gasteiger partial charge in [-0.15, -0.1) is 12.4 Å². The van der Waals surface area contributed by atoms with Gasteiger partial charge >= 0.3 is 12.1 Å². The van der Waals surface area contributed by atoms with E-state index in [4.69, 9.17) is 4.74 Å². The molecule has 6 nitrogen and oxygen atoms in total. The van der Waals surface area contributed by atoms with Crippen molar-refractivity contribution in [3.05, 3.63) is 35.9 Å². The van der Waals surface area contributed by atoms with Gasteiger partial charge in [0, 0.05) is 38.1 Å². The van der Waals surface area contributed by atoms with Crippen molar-refractivity contribution in [3.63, 3.8) is 0 Å². The average Bonchev–Trinajstić information content (AvgIpc) is 2.84. The lowest BCUT2D eigenvalue weighted by atomic mass is 9.72. The number of ether oxygens (including phenoxy) is 1. The van der Waals surface area contributed by atoms with Crippen molar-refractivity contribution in [2.24, 2.45) is 11.3 Å². The van der Waals surface area contributed by atoms with Crippen LogP contribution < -0.4 is 0 Å². The van der Waals surface area contributed by atoms with Crippen LogP contribution in [0.2, 0.25) is 0 Å². The molecule has 2 aliphatic rings. The number of likely N-dealkylation sites (tertiary alicyclic amines) is 2. The molecule has 0 bridgehead atoms. The number of carboxylic acids is 1. The number of hydrogen-bond acceptors (Lipinski definition) is 4. The van der Waals surface area contributed by atoms with E-state index in [2.05, 4.69) is 17.0 Å². The normalized spacial score (nSPS) is 21.8. The van der Waals surface area contributed by atoms with Crippen LogP contribution >= 0.6 is 12.4 Å². The zero-order valence-corrected chi connectivity index (χ0v) is 16.3. The number of aliphatic carboxylic acids is 1. The number of halogens is 1. The molecule has 1 aromatic rings. The SMILES string of the molecule is CC(C)(C)OC(=O)N1CC2(CN(Cc3ccccc3)CC2C(=O)O)C1.Cl. The van der Waals surface area contributed by atoms with Crippen LogP contribution in [-0.4, -0.2) is 58.7 Å². The molecule has 0 aromatic heterocycles. The second kappa shape index (κ2) is 7.45. The number of benzene rings is 1. The van der Waals surface area contributed by atoms with E-state index in [1.54, 1.807) is 4.90 Å². The highest BCUT2D eigenvalue weighted by Gasteiger charge is 2.58. The van der Waals surface area contributed by atoms with Gasteiger partial charge in [0.15, 0.2) is 0 Å². The van der Waals surface area contributed by atoms with E-state index in [1.807, 2.05) is 39.0 Å². The second-order valence-corrected chi connectivity index (χ2v) is 8.24. The lowest BCUT2D eigenvalue weighted by Gasteiger charge is -2.49. The summed E-state index contributed by atoms with van der Waals surface area (Å²) in [5.74, 6) is -1.23. The van der Waals surface area contributed by atoms with E-state index in [1.165, 1.54) is 5.56 Å². The molecule has 1 atom stereocenters. The van der Waals surface area contributed by atoms with Crippen molar-refractivity contribution in [1.82, 2.24) is 9.80 Å². The van der Waals surface area contributed by atoms with Crippen molar-refractivity contribution in [2.75, 3.05) is 26.2 Å². The summed E-state index contributed by atoms with van der Waals surface area (Å²) >= 11 is 0. The van der Waals surface area contributed by atoms with E-state index >= 15 is 0 Å². The van der Waals surface area contributed by atoms with Crippen molar-refractivity contribution >= 4 is 24.5 Å². The maximum absolute atomic E-state index is 12.2. The van der Waals surface area contributed by atoms with Crippen LogP contribution in [0.25, 0.3) is 0 Å². The Morgan fingerprint density at radius 2 is 1.81 bits per heavy atom. The summed E-state index contributed by atoms with van der Waals surface area (Å²) in [5, 5.41) is 9.65. The molecule has 2 saturated heterocycles. The van der Waals surface area contributed by atoms with Gasteiger partial charge in [-0.1, -0.05) is 30.3 Å². The lowest BCUT2D eigenvalue weighted by Crippen LogP contribution is -2.63. The van der Waals surface area contributed by atoms with Gasteiger partial charge in [-0.3, -0.25) is 9.69 Å². The predicted molar refractivity (Wildman–Crippen MR) is 100 cm³/mol. The molecule has 1 spiro atoms. The number of hydrogen-bond donors (Lipinski definition) is 1. The van der Waals surface area contributed by atoms with Gasteiger partial charge in [0.1, 0.15) is 5.60 Å². The first-order valence-corrected chi connectivity index (χ1v) is 8.66. The minimum atomic E-state index is -0.778. The standard InChI is InChI=1S/C19H26N2O4.ClH/c1-18(2,3)25-17(24)21-12-19(13-21)11-20(10-15(19)16(22)23)9-14-7-5-4-6-8-14;/h4-8,15H,9-13H2,1-3H3,(H,22,23);1H. The first kappa shape index (κ1) is 20.5. The van der Waals surface area contributed by atoms with Crippen LogP contribution in [0.3, 0.4) is 0 Å². The van der Waals surface area contributed by atoms with E-state index in [-0.39, 0.29) is 23.9 Å². The minimum Gasteiger partial charge on any atom is -0.481 e. The lowest BCUT2D eigenvalue weighted by molar-refractivity contribution is -0.149. The average molecular weight is 383 g/mol. The second-order valence-electron chi connectivity index (χ2n) is 8.24. The van der Waals surface area contributed by atoms with Crippen molar-refractivity contribution < 1.29 is 19.4 Å². The molecule has 0 radical (unpaired) electrons. The van der Waals surface area contributed by atoms with Crippen LogP contribution in [0.5, 0.6) is 0 Å². The third-order valence-corrected chi connectivity index (χ3v) is 4.93. The van der Waals surface area contributed by atoms with E-state index < -0.39 is 17.5 Å². The molecule has 1 unspecified atom stereocenters. The summed E-state index contributed by atoms with van der Waals surface area (Å²) in [5.41, 5.74) is 0.269. The van der Waals surface area contributed by atoms with Crippen molar-refractivity contribution in [3.8, 4) is 0 Å². The van der Waals surface area contributed by atoms with Crippen molar-refractivity contribution in [2.45, 2.75) is 32.9 Å². The summed E-state index contributed by atoms with van der Waals surface area (Å²) in [6.07, 6.45) is -0.358. The number of amides is 1. The highest BCUT2D eigenvalue weighted by molar-refractivity contribution is 5.85. The highest BCUT2D eigenvalue weighted by atomic mass is 35.5.